The number of amides is 2. The summed E-state index contributed by atoms with van der Waals surface area (Å²) in [5.41, 5.74) is 8.51. The summed E-state index contributed by atoms with van der Waals surface area (Å²) in [7, 11) is 3.14. The van der Waals surface area contributed by atoms with Gasteiger partial charge in [0.15, 0.2) is 23.0 Å². The predicted octanol–water partition coefficient (Wildman–Crippen LogP) is 5.27. The molecule has 12 heteroatoms. The molecule has 2 amide bonds. The van der Waals surface area contributed by atoms with E-state index in [9.17, 15) is 9.59 Å². The second kappa shape index (κ2) is 15.9. The van der Waals surface area contributed by atoms with Gasteiger partial charge in [0.25, 0.3) is 11.8 Å². The van der Waals surface area contributed by atoms with Crippen LogP contribution in [-0.2, 0) is 4.74 Å². The summed E-state index contributed by atoms with van der Waals surface area (Å²) in [6, 6.07) is 7.23. The number of carbonyl (C=O) groups excluding carboxylic acids is 2. The number of nitrogens with one attached hydrogen (secondary N) is 1. The number of hydrogen-bond acceptors (Lipinski definition) is 10. The predicted molar refractivity (Wildman–Crippen MR) is 181 cm³/mol. The van der Waals surface area contributed by atoms with E-state index in [4.69, 9.17) is 29.4 Å². The fourth-order valence-electron chi connectivity index (χ4n) is 6.54. The number of fused-ring (bicyclic) bond motifs is 2. The molecule has 46 heavy (non-hydrogen) atoms. The number of benzene rings is 2. The molecule has 5 rings (SSSR count). The third kappa shape index (κ3) is 7.38. The highest BCUT2D eigenvalue weighted by atomic mass is 32.2. The van der Waals surface area contributed by atoms with E-state index >= 15 is 0 Å². The Hall–Kier alpha value is -3.51. The molecular weight excluding hydrogens is 608 g/mol. The van der Waals surface area contributed by atoms with Gasteiger partial charge >= 0.3 is 0 Å². The molecule has 2 saturated heterocycles. The van der Waals surface area contributed by atoms with Crippen LogP contribution in [-0.4, -0.2) is 98.6 Å². The zero-order valence-electron chi connectivity index (χ0n) is 27.5. The zero-order chi connectivity index (χ0) is 32.6. The van der Waals surface area contributed by atoms with Crippen LogP contribution < -0.4 is 30.0 Å². The molecule has 0 bridgehead atoms. The van der Waals surface area contributed by atoms with Crippen molar-refractivity contribution in [3.05, 3.63) is 35.4 Å². The lowest BCUT2D eigenvalue weighted by atomic mass is 10.1. The number of nitrogens with two attached hydrogens (primary N) is 1. The van der Waals surface area contributed by atoms with Crippen molar-refractivity contribution in [2.45, 2.75) is 69.9 Å². The summed E-state index contributed by atoms with van der Waals surface area (Å²) in [6.07, 6.45) is 5.33. The van der Waals surface area contributed by atoms with Gasteiger partial charge in [-0.2, -0.15) is 0 Å². The number of hydrogen-bond donors (Lipinski definition) is 2. The molecule has 2 aromatic rings. The SMILES string of the molecule is CCOC(SCC)C1CCCN1C(=O)c1cc(OC)c(OCCCCOc2cc3c(cc2OC)C(=O)N2CCC[C@H]2CN3)cc1N. The Labute approximate surface area is 276 Å². The molecule has 2 aromatic carbocycles. The molecule has 0 radical (unpaired) electrons. The molecule has 0 saturated carbocycles. The summed E-state index contributed by atoms with van der Waals surface area (Å²) < 4.78 is 29.3. The Kier molecular flexibility index (Phi) is 11.7. The zero-order valence-corrected chi connectivity index (χ0v) is 28.3. The van der Waals surface area contributed by atoms with Gasteiger partial charge < -0.3 is 44.5 Å². The van der Waals surface area contributed by atoms with Crippen LogP contribution in [0.1, 0.15) is 73.1 Å². The van der Waals surface area contributed by atoms with E-state index in [-0.39, 0.29) is 29.3 Å². The van der Waals surface area contributed by atoms with Crippen LogP contribution in [0.4, 0.5) is 11.4 Å². The number of unbranched alkanes of at least 4 members (excludes halogenated alkanes) is 1. The summed E-state index contributed by atoms with van der Waals surface area (Å²) in [6.45, 7) is 7.75. The smallest absolute Gasteiger partial charge is 0.256 e. The van der Waals surface area contributed by atoms with Crippen LogP contribution in [0.3, 0.4) is 0 Å². The van der Waals surface area contributed by atoms with Crippen molar-refractivity contribution in [1.82, 2.24) is 9.80 Å². The molecule has 2 unspecified atom stereocenters. The van der Waals surface area contributed by atoms with Gasteiger partial charge in [-0.15, -0.1) is 11.8 Å². The third-order valence-corrected chi connectivity index (χ3v) is 9.97. The molecule has 0 spiro atoms. The minimum atomic E-state index is -0.114. The molecule has 11 nitrogen and oxygen atoms in total. The van der Waals surface area contributed by atoms with Crippen LogP contribution in [0.5, 0.6) is 23.0 Å². The van der Waals surface area contributed by atoms with Crippen LogP contribution in [0.15, 0.2) is 24.3 Å². The van der Waals surface area contributed by atoms with E-state index in [2.05, 4.69) is 12.2 Å². The van der Waals surface area contributed by atoms with Crippen molar-refractivity contribution in [1.29, 1.82) is 0 Å². The number of nitrogen functional groups attached to an aromatic ring is 1. The van der Waals surface area contributed by atoms with E-state index in [0.717, 1.165) is 56.6 Å². The van der Waals surface area contributed by atoms with Gasteiger partial charge in [-0.1, -0.05) is 6.92 Å². The number of carbonyl (C=O) groups is 2. The molecule has 252 valence electrons. The number of thioether (sulfide) groups is 1. The fraction of sp³-hybridized carbons (Fsp3) is 0.588. The summed E-state index contributed by atoms with van der Waals surface area (Å²) in [5, 5.41) is 3.44. The first-order valence-corrected chi connectivity index (χ1v) is 17.5. The van der Waals surface area contributed by atoms with E-state index in [1.165, 1.54) is 0 Å². The van der Waals surface area contributed by atoms with E-state index in [1.807, 2.05) is 22.8 Å². The lowest BCUT2D eigenvalue weighted by Crippen LogP contribution is -2.43. The minimum absolute atomic E-state index is 0.00293. The molecule has 3 aliphatic rings. The van der Waals surface area contributed by atoms with E-state index in [1.54, 1.807) is 44.2 Å². The average molecular weight is 657 g/mol. The van der Waals surface area contributed by atoms with E-state index in [0.29, 0.717) is 72.6 Å². The number of nitrogens with zero attached hydrogens (tertiary/aromatic N) is 2. The maximum Gasteiger partial charge on any atom is 0.256 e. The first kappa shape index (κ1) is 33.8. The molecule has 3 atom stereocenters. The minimum Gasteiger partial charge on any atom is -0.493 e. The number of ether oxygens (including phenoxy) is 5. The molecule has 3 heterocycles. The third-order valence-electron chi connectivity index (χ3n) is 8.86. The Balaban J connectivity index is 1.15. The van der Waals surface area contributed by atoms with Crippen molar-refractivity contribution in [3.63, 3.8) is 0 Å². The van der Waals surface area contributed by atoms with Gasteiger partial charge in [0, 0.05) is 50.1 Å². The lowest BCUT2D eigenvalue weighted by Gasteiger charge is -2.31. The Morgan fingerprint density at radius 1 is 0.978 bits per heavy atom. The molecule has 3 N–H and O–H groups in total. The van der Waals surface area contributed by atoms with Crippen LogP contribution >= 0.6 is 11.8 Å². The normalized spacial score (nSPS) is 19.6. The van der Waals surface area contributed by atoms with Crippen LogP contribution in [0.2, 0.25) is 0 Å². The van der Waals surface area contributed by atoms with Gasteiger partial charge in [-0.3, -0.25) is 9.59 Å². The highest BCUT2D eigenvalue weighted by Crippen LogP contribution is 2.38. The maximum absolute atomic E-state index is 13.7. The van der Waals surface area contributed by atoms with Gasteiger partial charge in [0.05, 0.1) is 50.3 Å². The highest BCUT2D eigenvalue weighted by Gasteiger charge is 2.37. The van der Waals surface area contributed by atoms with Crippen molar-refractivity contribution in [2.24, 2.45) is 0 Å². The van der Waals surface area contributed by atoms with Gasteiger partial charge in [-0.05, 0) is 63.3 Å². The van der Waals surface area contributed by atoms with Gasteiger partial charge in [-0.25, -0.2) is 0 Å². The Morgan fingerprint density at radius 2 is 1.67 bits per heavy atom. The highest BCUT2D eigenvalue weighted by molar-refractivity contribution is 7.99. The largest absolute Gasteiger partial charge is 0.493 e. The van der Waals surface area contributed by atoms with Crippen molar-refractivity contribution in [2.75, 3.05) is 70.5 Å². The maximum atomic E-state index is 13.7. The summed E-state index contributed by atoms with van der Waals surface area (Å²) in [4.78, 5) is 30.7. The first-order chi connectivity index (χ1) is 22.4. The van der Waals surface area contributed by atoms with Crippen LogP contribution in [0.25, 0.3) is 0 Å². The molecular formula is C34H48N4O7S. The molecule has 0 aliphatic carbocycles. The number of likely N-dealkylation sites (tertiary alicyclic amines) is 1. The number of rotatable bonds is 15. The monoisotopic (exact) mass is 656 g/mol. The molecule has 2 fully saturated rings. The molecule has 0 aromatic heterocycles. The summed E-state index contributed by atoms with van der Waals surface area (Å²) in [5.74, 6) is 2.93. The second-order valence-electron chi connectivity index (χ2n) is 11.7. The Bertz CT molecular complexity index is 1370. The van der Waals surface area contributed by atoms with E-state index < -0.39 is 0 Å². The van der Waals surface area contributed by atoms with Gasteiger partial charge in [0.1, 0.15) is 5.44 Å². The quantitative estimate of drug-likeness (QED) is 0.149. The van der Waals surface area contributed by atoms with Crippen LogP contribution in [0, 0.1) is 0 Å². The Morgan fingerprint density at radius 3 is 2.37 bits per heavy atom. The number of methoxy groups -OCH3 is 2. The first-order valence-electron chi connectivity index (χ1n) is 16.4. The van der Waals surface area contributed by atoms with Crippen molar-refractivity contribution < 1.29 is 33.3 Å². The number of anilines is 2. The average Bonchev–Trinajstić information content (AvgIpc) is 3.72. The standard InChI is InChI=1S/C34H48N4O7S/c1-5-43-34(46-6-2)27-12-10-14-38(27)32(39)23-17-28(41-3)30(19-25(23)35)44-15-7-8-16-45-31-20-26-24(18-29(31)42-4)33(40)37-13-9-11-22(37)21-36-26/h17-20,22,27,34,36H,5-16,21,35H2,1-4H3/t22-,27?,34?/m0/s1. The molecule has 3 aliphatic heterocycles. The van der Waals surface area contributed by atoms with Crippen molar-refractivity contribution >= 4 is 35.0 Å². The van der Waals surface area contributed by atoms with Crippen molar-refractivity contribution in [3.8, 4) is 23.0 Å². The fourth-order valence-corrected chi connectivity index (χ4v) is 7.60. The second-order valence-corrected chi connectivity index (χ2v) is 13.1. The summed E-state index contributed by atoms with van der Waals surface area (Å²) >= 11 is 1.73. The lowest BCUT2D eigenvalue weighted by molar-refractivity contribution is 0.0461. The topological polar surface area (TPSA) is 125 Å². The van der Waals surface area contributed by atoms with Gasteiger partial charge in [0.2, 0.25) is 0 Å².